The van der Waals surface area contributed by atoms with E-state index in [-0.39, 0.29) is 6.04 Å². The van der Waals surface area contributed by atoms with E-state index in [1.165, 1.54) is 25.5 Å². The molecule has 0 aliphatic heterocycles. The van der Waals surface area contributed by atoms with Crippen LogP contribution in [0.1, 0.15) is 32.1 Å². The van der Waals surface area contributed by atoms with Crippen LogP contribution in [-0.2, 0) is 0 Å². The lowest BCUT2D eigenvalue weighted by molar-refractivity contribution is -0.500. The molecule has 0 heterocycles. The number of hydroxylamine groups is 1. The van der Waals surface area contributed by atoms with Crippen LogP contribution < -0.4 is 0 Å². The highest BCUT2D eigenvalue weighted by Gasteiger charge is 2.18. The summed E-state index contributed by atoms with van der Waals surface area (Å²) in [6.07, 6.45) is 8.88. The molecule has 0 bridgehead atoms. The zero-order chi connectivity index (χ0) is 8.10. The van der Waals surface area contributed by atoms with Gasteiger partial charge >= 0.3 is 0 Å². The summed E-state index contributed by atoms with van der Waals surface area (Å²) in [7, 11) is 0. The van der Waals surface area contributed by atoms with E-state index in [2.05, 4.69) is 6.58 Å². The fraction of sp³-hybridized carbons (Fsp3) is 0.667. The zero-order valence-electron chi connectivity index (χ0n) is 6.83. The van der Waals surface area contributed by atoms with Crippen LogP contribution in [0.15, 0.2) is 12.7 Å². The quantitative estimate of drug-likeness (QED) is 0.258. The Morgan fingerprint density at radius 3 is 2.45 bits per heavy atom. The van der Waals surface area contributed by atoms with E-state index in [0.717, 1.165) is 17.6 Å². The Bertz CT molecular complexity index is 157. The summed E-state index contributed by atoms with van der Waals surface area (Å²) in [6, 6.07) is 0.224. The van der Waals surface area contributed by atoms with Gasteiger partial charge in [-0.3, -0.25) is 0 Å². The maximum absolute atomic E-state index is 11.2. The number of rotatable bonds is 2. The largest absolute Gasteiger partial charge is 0.624 e. The molecule has 1 rings (SSSR count). The summed E-state index contributed by atoms with van der Waals surface area (Å²) in [6.45, 7) is 3.50. The maximum Gasteiger partial charge on any atom is 0.174 e. The monoisotopic (exact) mass is 153 g/mol. The molecular weight excluding hydrogens is 138 g/mol. The Labute approximate surface area is 67.8 Å². The Kier molecular flexibility index (Phi) is 3.14. The molecule has 2 heteroatoms. The Morgan fingerprint density at radius 2 is 1.91 bits per heavy atom. The van der Waals surface area contributed by atoms with Crippen molar-refractivity contribution in [1.29, 1.82) is 0 Å². The van der Waals surface area contributed by atoms with Gasteiger partial charge in [0.15, 0.2) is 12.3 Å². The minimum Gasteiger partial charge on any atom is -0.624 e. The van der Waals surface area contributed by atoms with E-state index < -0.39 is 0 Å². The molecule has 0 spiro atoms. The van der Waals surface area contributed by atoms with Gasteiger partial charge in [-0.1, -0.05) is 13.0 Å². The molecule has 0 aromatic carbocycles. The molecule has 0 N–H and O–H groups in total. The normalized spacial score (nSPS) is 21.6. The first kappa shape index (κ1) is 8.31. The lowest BCUT2D eigenvalue weighted by Gasteiger charge is -2.20. The highest BCUT2D eigenvalue weighted by atomic mass is 16.5. The summed E-state index contributed by atoms with van der Waals surface area (Å²) in [5.74, 6) is 0. The summed E-state index contributed by atoms with van der Waals surface area (Å²) in [4.78, 5) is 0. The minimum atomic E-state index is 0.224. The molecule has 1 fully saturated rings. The van der Waals surface area contributed by atoms with Crippen molar-refractivity contribution in [2.45, 2.75) is 38.1 Å². The van der Waals surface area contributed by atoms with E-state index in [4.69, 9.17) is 0 Å². The molecule has 0 aromatic rings. The summed E-state index contributed by atoms with van der Waals surface area (Å²) >= 11 is 0. The van der Waals surface area contributed by atoms with Crippen molar-refractivity contribution < 1.29 is 4.74 Å². The third-order valence-corrected chi connectivity index (χ3v) is 2.19. The van der Waals surface area contributed by atoms with E-state index >= 15 is 0 Å². The van der Waals surface area contributed by atoms with Gasteiger partial charge in [0, 0.05) is 12.8 Å². The molecule has 0 radical (unpaired) electrons. The van der Waals surface area contributed by atoms with E-state index in [0.29, 0.717) is 0 Å². The molecule has 1 saturated carbocycles. The van der Waals surface area contributed by atoms with Crippen molar-refractivity contribution >= 4 is 6.21 Å². The van der Waals surface area contributed by atoms with Gasteiger partial charge in [0.2, 0.25) is 0 Å². The second-order valence-electron chi connectivity index (χ2n) is 3.04. The molecule has 0 saturated heterocycles. The van der Waals surface area contributed by atoms with Crippen molar-refractivity contribution in [3.8, 4) is 0 Å². The molecule has 1 aliphatic rings. The van der Waals surface area contributed by atoms with Crippen LogP contribution in [0.4, 0.5) is 0 Å². The molecule has 0 unspecified atom stereocenters. The average molecular weight is 153 g/mol. The van der Waals surface area contributed by atoms with Crippen molar-refractivity contribution in [2.24, 2.45) is 0 Å². The predicted molar refractivity (Wildman–Crippen MR) is 46.8 cm³/mol. The first-order valence-corrected chi connectivity index (χ1v) is 4.26. The van der Waals surface area contributed by atoms with Crippen molar-refractivity contribution in [2.75, 3.05) is 0 Å². The third-order valence-electron chi connectivity index (χ3n) is 2.19. The number of allylic oxidation sites excluding steroid dienone is 1. The fourth-order valence-corrected chi connectivity index (χ4v) is 1.56. The van der Waals surface area contributed by atoms with Crippen LogP contribution in [-0.4, -0.2) is 17.0 Å². The highest BCUT2D eigenvalue weighted by molar-refractivity contribution is 5.65. The van der Waals surface area contributed by atoms with Gasteiger partial charge in [0.1, 0.15) is 0 Å². The Morgan fingerprint density at radius 1 is 1.27 bits per heavy atom. The highest BCUT2D eigenvalue weighted by Crippen LogP contribution is 2.19. The first-order valence-electron chi connectivity index (χ1n) is 4.26. The van der Waals surface area contributed by atoms with Gasteiger partial charge in [0.25, 0.3) is 0 Å². The van der Waals surface area contributed by atoms with Crippen LogP contribution in [0, 0.1) is 5.21 Å². The molecule has 11 heavy (non-hydrogen) atoms. The second kappa shape index (κ2) is 4.16. The van der Waals surface area contributed by atoms with Crippen LogP contribution >= 0.6 is 0 Å². The van der Waals surface area contributed by atoms with Crippen LogP contribution in [0.5, 0.6) is 0 Å². The molecule has 1 aliphatic carbocycles. The third kappa shape index (κ3) is 2.37. The predicted octanol–water partition coefficient (Wildman–Crippen LogP) is 2.09. The molecule has 0 amide bonds. The average Bonchev–Trinajstić information content (AvgIpc) is 2.07. The van der Waals surface area contributed by atoms with Gasteiger partial charge in [-0.05, 0) is 18.9 Å². The van der Waals surface area contributed by atoms with E-state index in [9.17, 15) is 5.21 Å². The van der Waals surface area contributed by atoms with Crippen molar-refractivity contribution in [3.05, 3.63) is 17.9 Å². The van der Waals surface area contributed by atoms with Gasteiger partial charge in [-0.2, -0.15) is 0 Å². The topological polar surface area (TPSA) is 26.1 Å². The lowest BCUT2D eigenvalue weighted by Crippen LogP contribution is -2.24. The summed E-state index contributed by atoms with van der Waals surface area (Å²) in [5, 5.41) is 11.2. The number of nitrogens with zero attached hydrogens (tertiary/aromatic N) is 1. The second-order valence-corrected chi connectivity index (χ2v) is 3.04. The minimum absolute atomic E-state index is 0.224. The van der Waals surface area contributed by atoms with Crippen molar-refractivity contribution in [1.82, 2.24) is 0 Å². The van der Waals surface area contributed by atoms with E-state index in [1.54, 1.807) is 6.08 Å². The Hall–Kier alpha value is -0.790. The SMILES string of the molecule is C=C/C=[N+](/[O-])C1CCCCC1. The van der Waals surface area contributed by atoms with Gasteiger partial charge in [-0.15, -0.1) is 0 Å². The van der Waals surface area contributed by atoms with E-state index in [1.807, 2.05) is 0 Å². The summed E-state index contributed by atoms with van der Waals surface area (Å²) in [5.41, 5.74) is 0. The number of hydrogen-bond acceptors (Lipinski definition) is 1. The van der Waals surface area contributed by atoms with Crippen molar-refractivity contribution in [3.63, 3.8) is 0 Å². The van der Waals surface area contributed by atoms with Gasteiger partial charge in [-0.25, -0.2) is 4.74 Å². The van der Waals surface area contributed by atoms with Gasteiger partial charge < -0.3 is 5.21 Å². The number of hydrogen-bond donors (Lipinski definition) is 0. The zero-order valence-corrected chi connectivity index (χ0v) is 6.83. The van der Waals surface area contributed by atoms with Crippen LogP contribution in [0.2, 0.25) is 0 Å². The lowest BCUT2D eigenvalue weighted by atomic mass is 9.96. The molecular formula is C9H15NO. The molecule has 62 valence electrons. The fourth-order valence-electron chi connectivity index (χ4n) is 1.56. The molecule has 2 nitrogen and oxygen atoms in total. The summed E-state index contributed by atoms with van der Waals surface area (Å²) < 4.78 is 1.05. The van der Waals surface area contributed by atoms with Gasteiger partial charge in [0.05, 0.1) is 0 Å². The van der Waals surface area contributed by atoms with Crippen LogP contribution in [0.3, 0.4) is 0 Å². The smallest absolute Gasteiger partial charge is 0.174 e. The maximum atomic E-state index is 11.2. The Balaban J connectivity index is 2.44. The molecule has 0 atom stereocenters. The standard InChI is InChI=1S/C9H15NO/c1-2-8-10(11)9-6-4-3-5-7-9/h2,8-9H,1,3-7H2/b10-8+. The first-order chi connectivity index (χ1) is 5.34. The van der Waals surface area contributed by atoms with Crippen LogP contribution in [0.25, 0.3) is 0 Å². The molecule has 0 aromatic heterocycles.